The van der Waals surface area contributed by atoms with E-state index in [-0.39, 0.29) is 6.04 Å². The number of thiophene rings is 1. The molecule has 0 fully saturated rings. The highest BCUT2D eigenvalue weighted by Gasteiger charge is 2.16. The van der Waals surface area contributed by atoms with E-state index in [0.717, 1.165) is 5.75 Å². The highest BCUT2D eigenvalue weighted by molar-refractivity contribution is 7.10. The fourth-order valence-electron chi connectivity index (χ4n) is 2.55. The molecule has 102 valence electrons. The van der Waals surface area contributed by atoms with Gasteiger partial charge >= 0.3 is 0 Å². The van der Waals surface area contributed by atoms with Crippen molar-refractivity contribution in [3.8, 4) is 5.75 Å². The van der Waals surface area contributed by atoms with Crippen molar-refractivity contribution in [2.75, 3.05) is 14.2 Å². The third-order valence-corrected chi connectivity index (χ3v) is 4.51. The van der Waals surface area contributed by atoms with Crippen molar-refractivity contribution in [3.63, 3.8) is 0 Å². The van der Waals surface area contributed by atoms with E-state index in [2.05, 4.69) is 53.8 Å². The smallest absolute Gasteiger partial charge is 0.129 e. The minimum Gasteiger partial charge on any atom is -0.496 e. The summed E-state index contributed by atoms with van der Waals surface area (Å²) in [5, 5.41) is 8.03. The largest absolute Gasteiger partial charge is 0.496 e. The Morgan fingerprint density at radius 2 is 1.90 bits per heavy atom. The SMILES string of the molecule is CNC(c1cc(OC)cs1)c1cccc2ccccc12. The van der Waals surface area contributed by atoms with Gasteiger partial charge in [-0.15, -0.1) is 11.3 Å². The van der Waals surface area contributed by atoms with E-state index in [4.69, 9.17) is 4.74 Å². The van der Waals surface area contributed by atoms with E-state index in [0.29, 0.717) is 0 Å². The van der Waals surface area contributed by atoms with Crippen LogP contribution in [0.25, 0.3) is 10.8 Å². The molecule has 3 rings (SSSR count). The highest BCUT2D eigenvalue weighted by Crippen LogP contribution is 2.34. The molecule has 1 unspecified atom stereocenters. The maximum absolute atomic E-state index is 5.30. The lowest BCUT2D eigenvalue weighted by Gasteiger charge is -2.17. The van der Waals surface area contributed by atoms with Crippen LogP contribution in [0.2, 0.25) is 0 Å². The zero-order chi connectivity index (χ0) is 13.9. The molecule has 0 amide bonds. The van der Waals surface area contributed by atoms with Crippen molar-refractivity contribution in [2.45, 2.75) is 6.04 Å². The zero-order valence-electron chi connectivity index (χ0n) is 11.6. The van der Waals surface area contributed by atoms with Gasteiger partial charge in [-0.25, -0.2) is 0 Å². The Hall–Kier alpha value is -1.84. The van der Waals surface area contributed by atoms with E-state index in [1.807, 2.05) is 12.4 Å². The van der Waals surface area contributed by atoms with Crippen LogP contribution in [0.5, 0.6) is 5.75 Å². The zero-order valence-corrected chi connectivity index (χ0v) is 12.4. The molecule has 0 radical (unpaired) electrons. The van der Waals surface area contributed by atoms with Gasteiger partial charge in [0, 0.05) is 10.3 Å². The molecule has 1 atom stereocenters. The van der Waals surface area contributed by atoms with Crippen LogP contribution in [0, 0.1) is 0 Å². The van der Waals surface area contributed by atoms with Crippen molar-refractivity contribution in [2.24, 2.45) is 0 Å². The second-order valence-electron chi connectivity index (χ2n) is 4.68. The maximum Gasteiger partial charge on any atom is 0.129 e. The van der Waals surface area contributed by atoms with Crippen molar-refractivity contribution in [1.29, 1.82) is 0 Å². The molecule has 0 saturated carbocycles. The first-order valence-electron chi connectivity index (χ1n) is 6.61. The van der Waals surface area contributed by atoms with Gasteiger partial charge in [0.15, 0.2) is 0 Å². The monoisotopic (exact) mass is 283 g/mol. The summed E-state index contributed by atoms with van der Waals surface area (Å²) in [5.74, 6) is 0.922. The van der Waals surface area contributed by atoms with E-state index in [1.54, 1.807) is 18.4 Å². The molecule has 0 bridgehead atoms. The number of nitrogens with one attached hydrogen (secondary N) is 1. The first kappa shape index (κ1) is 13.2. The summed E-state index contributed by atoms with van der Waals surface area (Å²) in [5.41, 5.74) is 1.30. The summed E-state index contributed by atoms with van der Waals surface area (Å²) in [6, 6.07) is 17.3. The highest BCUT2D eigenvalue weighted by atomic mass is 32.1. The Kier molecular flexibility index (Phi) is 3.72. The lowest BCUT2D eigenvalue weighted by molar-refractivity contribution is 0.416. The van der Waals surface area contributed by atoms with Crippen molar-refractivity contribution in [3.05, 3.63) is 64.4 Å². The summed E-state index contributed by atoms with van der Waals surface area (Å²) in [7, 11) is 3.71. The molecule has 0 aliphatic heterocycles. The number of methoxy groups -OCH3 is 1. The molecule has 20 heavy (non-hydrogen) atoms. The summed E-state index contributed by atoms with van der Waals surface area (Å²) in [6.45, 7) is 0. The first-order valence-corrected chi connectivity index (χ1v) is 7.49. The van der Waals surface area contributed by atoms with Gasteiger partial charge in [0.2, 0.25) is 0 Å². The summed E-state index contributed by atoms with van der Waals surface area (Å²) in [6.07, 6.45) is 0. The van der Waals surface area contributed by atoms with Gasteiger partial charge in [0.25, 0.3) is 0 Å². The van der Waals surface area contributed by atoms with Crippen LogP contribution in [0.15, 0.2) is 53.9 Å². The van der Waals surface area contributed by atoms with Crippen molar-refractivity contribution >= 4 is 22.1 Å². The van der Waals surface area contributed by atoms with E-state index < -0.39 is 0 Å². The van der Waals surface area contributed by atoms with Crippen LogP contribution in [0.3, 0.4) is 0 Å². The third-order valence-electron chi connectivity index (χ3n) is 3.54. The number of benzene rings is 2. The lowest BCUT2D eigenvalue weighted by Crippen LogP contribution is -2.16. The average Bonchev–Trinajstić information content (AvgIpc) is 2.97. The molecule has 1 aromatic heterocycles. The standard InChI is InChI=1S/C17H17NOS/c1-18-17(16-10-13(19-2)11-20-16)15-9-5-7-12-6-3-4-8-14(12)15/h3-11,17-18H,1-2H3. The second-order valence-corrected chi connectivity index (χ2v) is 5.62. The average molecular weight is 283 g/mol. The Morgan fingerprint density at radius 3 is 2.65 bits per heavy atom. The summed E-state index contributed by atoms with van der Waals surface area (Å²) >= 11 is 1.72. The summed E-state index contributed by atoms with van der Waals surface area (Å²) < 4.78 is 5.30. The molecule has 0 saturated heterocycles. The van der Waals surface area contributed by atoms with Gasteiger partial charge < -0.3 is 10.1 Å². The molecule has 3 heteroatoms. The predicted octanol–water partition coefficient (Wildman–Crippen LogP) is 4.22. The normalized spacial score (nSPS) is 12.5. The van der Waals surface area contributed by atoms with Crippen molar-refractivity contribution in [1.82, 2.24) is 5.32 Å². The first-order chi connectivity index (χ1) is 9.83. The Morgan fingerprint density at radius 1 is 1.10 bits per heavy atom. The molecular weight excluding hydrogens is 266 g/mol. The number of hydrogen-bond donors (Lipinski definition) is 1. The van der Waals surface area contributed by atoms with Gasteiger partial charge in [0.05, 0.1) is 13.2 Å². The van der Waals surface area contributed by atoms with Gasteiger partial charge in [-0.05, 0) is 29.4 Å². The van der Waals surface area contributed by atoms with Crippen LogP contribution in [0.4, 0.5) is 0 Å². The third kappa shape index (κ3) is 2.30. The molecular formula is C17H17NOS. The van der Waals surface area contributed by atoms with Gasteiger partial charge in [0.1, 0.15) is 5.75 Å². The fraction of sp³-hybridized carbons (Fsp3) is 0.176. The van der Waals surface area contributed by atoms with Crippen LogP contribution < -0.4 is 10.1 Å². The second kappa shape index (κ2) is 5.65. The predicted molar refractivity (Wildman–Crippen MR) is 85.7 cm³/mol. The van der Waals surface area contributed by atoms with E-state index >= 15 is 0 Å². The molecule has 2 nitrogen and oxygen atoms in total. The number of rotatable bonds is 4. The minimum absolute atomic E-state index is 0.190. The van der Waals surface area contributed by atoms with Crippen LogP contribution in [-0.2, 0) is 0 Å². The molecule has 0 aliphatic carbocycles. The number of fused-ring (bicyclic) bond motifs is 1. The Balaban J connectivity index is 2.11. The topological polar surface area (TPSA) is 21.3 Å². The van der Waals surface area contributed by atoms with Crippen LogP contribution in [0.1, 0.15) is 16.5 Å². The van der Waals surface area contributed by atoms with Gasteiger partial charge in [-0.2, -0.15) is 0 Å². The van der Waals surface area contributed by atoms with Crippen LogP contribution in [-0.4, -0.2) is 14.2 Å². The molecule has 1 N–H and O–H groups in total. The molecule has 2 aromatic carbocycles. The number of hydrogen-bond acceptors (Lipinski definition) is 3. The van der Waals surface area contributed by atoms with E-state index in [9.17, 15) is 0 Å². The lowest BCUT2D eigenvalue weighted by atomic mass is 9.98. The molecule has 1 heterocycles. The van der Waals surface area contributed by atoms with E-state index in [1.165, 1.54) is 21.2 Å². The van der Waals surface area contributed by atoms with Crippen molar-refractivity contribution < 1.29 is 4.74 Å². The van der Waals surface area contributed by atoms with Gasteiger partial charge in [-0.1, -0.05) is 42.5 Å². The number of ether oxygens (including phenoxy) is 1. The summed E-state index contributed by atoms with van der Waals surface area (Å²) in [4.78, 5) is 1.26. The molecule has 3 aromatic rings. The van der Waals surface area contributed by atoms with Gasteiger partial charge in [-0.3, -0.25) is 0 Å². The fourth-order valence-corrected chi connectivity index (χ4v) is 3.53. The van der Waals surface area contributed by atoms with Crippen LogP contribution >= 0.6 is 11.3 Å². The maximum atomic E-state index is 5.30. The quantitative estimate of drug-likeness (QED) is 0.774. The molecule has 0 aliphatic rings. The Labute approximate surface area is 123 Å². The minimum atomic E-state index is 0.190. The molecule has 0 spiro atoms. The Bertz CT molecular complexity index is 714.